The molecule has 2 N–H and O–H groups in total. The number of fused-ring (bicyclic) bond motifs is 1. The van der Waals surface area contributed by atoms with Gasteiger partial charge in [-0.2, -0.15) is 0 Å². The maximum absolute atomic E-state index is 12.5. The number of ether oxygens (including phenoxy) is 1. The lowest BCUT2D eigenvalue weighted by molar-refractivity contribution is -0.126. The second kappa shape index (κ2) is 6.44. The molecule has 1 aliphatic heterocycles. The van der Waals surface area contributed by atoms with Gasteiger partial charge in [0.1, 0.15) is 0 Å². The minimum atomic E-state index is 0.0208. The number of hydrogen-bond acceptors (Lipinski definition) is 3. The van der Waals surface area contributed by atoms with E-state index in [9.17, 15) is 4.79 Å². The Morgan fingerprint density at radius 1 is 1.05 bits per heavy atom. The van der Waals surface area contributed by atoms with Crippen LogP contribution in [0.5, 0.6) is 0 Å². The molecular weight excluding hydrogens is 252 g/mol. The van der Waals surface area contributed by atoms with Gasteiger partial charge in [0.25, 0.3) is 0 Å². The van der Waals surface area contributed by atoms with E-state index in [-0.39, 0.29) is 24.1 Å². The molecule has 1 amide bonds. The molecule has 5 atom stereocenters. The summed E-state index contributed by atoms with van der Waals surface area (Å²) in [6, 6.07) is 0.820. The van der Waals surface area contributed by atoms with Crippen LogP contribution >= 0.6 is 0 Å². The Labute approximate surface area is 122 Å². The Bertz CT molecular complexity index is 347. The van der Waals surface area contributed by atoms with Gasteiger partial charge in [-0.05, 0) is 50.9 Å². The van der Waals surface area contributed by atoms with E-state index in [1.807, 2.05) is 0 Å². The van der Waals surface area contributed by atoms with Gasteiger partial charge in [-0.25, -0.2) is 0 Å². The molecule has 3 rings (SSSR count). The topological polar surface area (TPSA) is 50.4 Å². The van der Waals surface area contributed by atoms with Crippen LogP contribution in [-0.4, -0.2) is 37.2 Å². The zero-order valence-corrected chi connectivity index (χ0v) is 12.6. The first kappa shape index (κ1) is 14.3. The highest BCUT2D eigenvalue weighted by Crippen LogP contribution is 2.32. The van der Waals surface area contributed by atoms with E-state index in [2.05, 4.69) is 10.6 Å². The first-order valence-corrected chi connectivity index (χ1v) is 8.37. The molecule has 20 heavy (non-hydrogen) atoms. The van der Waals surface area contributed by atoms with Crippen molar-refractivity contribution in [3.05, 3.63) is 0 Å². The van der Waals surface area contributed by atoms with Crippen LogP contribution in [0.3, 0.4) is 0 Å². The molecule has 1 heterocycles. The SMILES string of the molecule is COC1CCCC1NC(=O)C1CCC2CCCCC2N1. The Hall–Kier alpha value is -0.610. The van der Waals surface area contributed by atoms with Crippen molar-refractivity contribution in [2.75, 3.05) is 7.11 Å². The molecule has 4 heteroatoms. The van der Waals surface area contributed by atoms with Crippen LogP contribution in [0.4, 0.5) is 0 Å². The summed E-state index contributed by atoms with van der Waals surface area (Å²) in [5.74, 6) is 1.01. The molecule has 5 unspecified atom stereocenters. The van der Waals surface area contributed by atoms with Crippen LogP contribution in [0.1, 0.15) is 57.8 Å². The minimum absolute atomic E-state index is 0.0208. The zero-order valence-electron chi connectivity index (χ0n) is 12.6. The largest absolute Gasteiger partial charge is 0.379 e. The zero-order chi connectivity index (χ0) is 13.9. The van der Waals surface area contributed by atoms with Crippen LogP contribution in [0.25, 0.3) is 0 Å². The summed E-state index contributed by atoms with van der Waals surface area (Å²) >= 11 is 0. The summed E-state index contributed by atoms with van der Waals surface area (Å²) in [6.45, 7) is 0. The van der Waals surface area contributed by atoms with E-state index < -0.39 is 0 Å². The van der Waals surface area contributed by atoms with Crippen LogP contribution in [-0.2, 0) is 9.53 Å². The van der Waals surface area contributed by atoms with E-state index in [0.29, 0.717) is 6.04 Å². The molecule has 3 fully saturated rings. The van der Waals surface area contributed by atoms with Crippen molar-refractivity contribution in [2.24, 2.45) is 5.92 Å². The van der Waals surface area contributed by atoms with E-state index in [1.165, 1.54) is 32.1 Å². The summed E-state index contributed by atoms with van der Waals surface area (Å²) in [4.78, 5) is 12.5. The molecule has 0 aromatic heterocycles. The highest BCUT2D eigenvalue weighted by molar-refractivity contribution is 5.82. The van der Waals surface area contributed by atoms with Gasteiger partial charge in [-0.1, -0.05) is 12.8 Å². The minimum Gasteiger partial charge on any atom is -0.379 e. The fourth-order valence-electron chi connectivity index (χ4n) is 4.36. The maximum Gasteiger partial charge on any atom is 0.237 e. The number of amides is 1. The summed E-state index contributed by atoms with van der Waals surface area (Å²) in [6.07, 6.45) is 11.0. The molecule has 114 valence electrons. The molecule has 0 radical (unpaired) electrons. The number of piperidine rings is 1. The number of carbonyl (C=O) groups excluding carboxylic acids is 1. The molecule has 0 aromatic carbocycles. The maximum atomic E-state index is 12.5. The van der Waals surface area contributed by atoms with Crippen molar-refractivity contribution in [1.82, 2.24) is 10.6 Å². The molecule has 2 aliphatic carbocycles. The highest BCUT2D eigenvalue weighted by Gasteiger charge is 2.36. The molecular formula is C16H28N2O2. The van der Waals surface area contributed by atoms with E-state index >= 15 is 0 Å². The molecule has 1 saturated heterocycles. The monoisotopic (exact) mass is 280 g/mol. The highest BCUT2D eigenvalue weighted by atomic mass is 16.5. The standard InChI is InChI=1S/C16H28N2O2/c1-20-15-8-4-7-13(15)18-16(19)14-10-9-11-5-2-3-6-12(11)17-14/h11-15,17H,2-10H2,1H3,(H,18,19). The number of carbonyl (C=O) groups is 1. The third-order valence-electron chi connectivity index (χ3n) is 5.55. The van der Waals surface area contributed by atoms with Crippen molar-refractivity contribution >= 4 is 5.91 Å². The van der Waals surface area contributed by atoms with E-state index in [4.69, 9.17) is 4.74 Å². The quantitative estimate of drug-likeness (QED) is 0.831. The Balaban J connectivity index is 1.52. The predicted molar refractivity (Wildman–Crippen MR) is 78.5 cm³/mol. The van der Waals surface area contributed by atoms with Crippen molar-refractivity contribution in [3.8, 4) is 0 Å². The van der Waals surface area contributed by atoms with Gasteiger partial charge < -0.3 is 15.4 Å². The second-order valence-corrected chi connectivity index (χ2v) is 6.77. The van der Waals surface area contributed by atoms with Crippen LogP contribution < -0.4 is 10.6 Å². The third kappa shape index (κ3) is 3.01. The van der Waals surface area contributed by atoms with Crippen molar-refractivity contribution in [3.63, 3.8) is 0 Å². The van der Waals surface area contributed by atoms with Crippen LogP contribution in [0.2, 0.25) is 0 Å². The Kier molecular flexibility index (Phi) is 4.61. The fourth-order valence-corrected chi connectivity index (χ4v) is 4.36. The summed E-state index contributed by atoms with van der Waals surface area (Å²) in [5.41, 5.74) is 0. The average molecular weight is 280 g/mol. The lowest BCUT2D eigenvalue weighted by Gasteiger charge is -2.40. The van der Waals surface area contributed by atoms with E-state index in [0.717, 1.165) is 31.6 Å². The molecule has 0 bridgehead atoms. The first-order chi connectivity index (χ1) is 9.78. The van der Waals surface area contributed by atoms with Crippen molar-refractivity contribution in [1.29, 1.82) is 0 Å². The molecule has 4 nitrogen and oxygen atoms in total. The van der Waals surface area contributed by atoms with Gasteiger partial charge in [0.05, 0.1) is 18.2 Å². The number of methoxy groups -OCH3 is 1. The number of nitrogens with one attached hydrogen (secondary N) is 2. The number of hydrogen-bond donors (Lipinski definition) is 2. The van der Waals surface area contributed by atoms with Gasteiger partial charge in [0, 0.05) is 13.2 Å². The lowest BCUT2D eigenvalue weighted by Crippen LogP contribution is -2.57. The van der Waals surface area contributed by atoms with E-state index in [1.54, 1.807) is 7.11 Å². The van der Waals surface area contributed by atoms with Crippen LogP contribution in [0, 0.1) is 5.92 Å². The lowest BCUT2D eigenvalue weighted by atomic mass is 9.77. The summed E-state index contributed by atoms with van der Waals surface area (Å²) in [7, 11) is 1.75. The molecule has 2 saturated carbocycles. The first-order valence-electron chi connectivity index (χ1n) is 8.37. The molecule has 0 spiro atoms. The van der Waals surface area contributed by atoms with Crippen molar-refractivity contribution in [2.45, 2.75) is 82.0 Å². The number of rotatable bonds is 3. The van der Waals surface area contributed by atoms with Crippen LogP contribution in [0.15, 0.2) is 0 Å². The summed E-state index contributed by atoms with van der Waals surface area (Å²) in [5, 5.41) is 6.83. The van der Waals surface area contributed by atoms with Gasteiger partial charge in [-0.3, -0.25) is 4.79 Å². The smallest absolute Gasteiger partial charge is 0.237 e. The Morgan fingerprint density at radius 2 is 1.90 bits per heavy atom. The fraction of sp³-hybridized carbons (Fsp3) is 0.938. The van der Waals surface area contributed by atoms with Gasteiger partial charge in [-0.15, -0.1) is 0 Å². The molecule has 3 aliphatic rings. The average Bonchev–Trinajstić information content (AvgIpc) is 2.94. The van der Waals surface area contributed by atoms with Gasteiger partial charge in [0.15, 0.2) is 0 Å². The third-order valence-corrected chi connectivity index (χ3v) is 5.55. The predicted octanol–water partition coefficient (Wildman–Crippen LogP) is 1.98. The second-order valence-electron chi connectivity index (χ2n) is 6.77. The Morgan fingerprint density at radius 3 is 2.75 bits per heavy atom. The normalized spacial score (nSPS) is 41.1. The van der Waals surface area contributed by atoms with Gasteiger partial charge in [0.2, 0.25) is 5.91 Å². The van der Waals surface area contributed by atoms with Gasteiger partial charge >= 0.3 is 0 Å². The van der Waals surface area contributed by atoms with Crippen molar-refractivity contribution < 1.29 is 9.53 Å². The molecule has 0 aromatic rings. The summed E-state index contributed by atoms with van der Waals surface area (Å²) < 4.78 is 5.46.